The molecule has 0 heterocycles. The predicted octanol–water partition coefficient (Wildman–Crippen LogP) is 2.55. The summed E-state index contributed by atoms with van der Waals surface area (Å²) in [7, 11) is 0. The Morgan fingerprint density at radius 2 is 1.69 bits per heavy atom. The minimum absolute atomic E-state index is 0.0872. The van der Waals surface area contributed by atoms with Crippen LogP contribution in [-0.4, -0.2) is 16.3 Å². The van der Waals surface area contributed by atoms with Crippen molar-refractivity contribution in [2.45, 2.75) is 38.8 Å². The number of nitrogens with two attached hydrogens (primary N) is 1. The van der Waals surface area contributed by atoms with Crippen molar-refractivity contribution in [3.63, 3.8) is 0 Å². The number of hydrogen-bond acceptors (Lipinski definition) is 3. The van der Waals surface area contributed by atoms with Crippen molar-refractivity contribution in [3.05, 3.63) is 28.3 Å². The number of aliphatic hydroxyl groups is 1. The Morgan fingerprint density at radius 1 is 1.19 bits per heavy atom. The monoisotopic (exact) mass is 243 g/mol. The molecular formula is C12H18ClNO2. The first-order chi connectivity index (χ1) is 7.34. The molecule has 0 bridgehead atoms. The first-order valence-electron chi connectivity index (χ1n) is 5.30. The van der Waals surface area contributed by atoms with E-state index in [0.717, 1.165) is 5.56 Å². The largest absolute Gasteiger partial charge is 0.507 e. The van der Waals surface area contributed by atoms with Gasteiger partial charge >= 0.3 is 0 Å². The van der Waals surface area contributed by atoms with Crippen molar-refractivity contribution >= 4 is 11.6 Å². The Bertz CT molecular complexity index is 378. The van der Waals surface area contributed by atoms with E-state index in [-0.39, 0.29) is 11.7 Å². The molecule has 0 aliphatic rings. The quantitative estimate of drug-likeness (QED) is 0.764. The van der Waals surface area contributed by atoms with Gasteiger partial charge in [-0.15, -0.1) is 0 Å². The van der Waals surface area contributed by atoms with Crippen LogP contribution in [0.4, 0.5) is 0 Å². The maximum absolute atomic E-state index is 10.0. The van der Waals surface area contributed by atoms with E-state index in [2.05, 4.69) is 0 Å². The van der Waals surface area contributed by atoms with E-state index in [0.29, 0.717) is 10.6 Å². The Labute approximate surface area is 101 Å². The number of aromatic hydroxyl groups is 1. The molecule has 4 heteroatoms. The van der Waals surface area contributed by atoms with E-state index >= 15 is 0 Å². The molecule has 90 valence electrons. The van der Waals surface area contributed by atoms with E-state index in [1.165, 1.54) is 0 Å². The highest BCUT2D eigenvalue weighted by Crippen LogP contribution is 2.36. The van der Waals surface area contributed by atoms with Gasteiger partial charge in [0, 0.05) is 16.6 Å². The van der Waals surface area contributed by atoms with Crippen molar-refractivity contribution in [2.75, 3.05) is 0 Å². The molecule has 0 fully saturated rings. The third kappa shape index (κ3) is 2.67. The van der Waals surface area contributed by atoms with Gasteiger partial charge in [-0.3, -0.25) is 0 Å². The van der Waals surface area contributed by atoms with Gasteiger partial charge in [0.25, 0.3) is 0 Å². The second-order valence-electron chi connectivity index (χ2n) is 4.39. The third-order valence-electron chi connectivity index (χ3n) is 2.57. The molecule has 0 aromatic heterocycles. The molecule has 2 unspecified atom stereocenters. The topological polar surface area (TPSA) is 66.5 Å². The average Bonchev–Trinajstić information content (AvgIpc) is 2.19. The molecule has 4 N–H and O–H groups in total. The lowest BCUT2D eigenvalue weighted by molar-refractivity contribution is 0.149. The molecule has 0 saturated heterocycles. The van der Waals surface area contributed by atoms with Gasteiger partial charge in [-0.2, -0.15) is 0 Å². The second kappa shape index (κ2) is 5.04. The predicted molar refractivity (Wildman–Crippen MR) is 65.8 cm³/mol. The fourth-order valence-corrected chi connectivity index (χ4v) is 1.83. The lowest BCUT2D eigenvalue weighted by Crippen LogP contribution is -2.24. The zero-order valence-electron chi connectivity index (χ0n) is 9.74. The number of rotatable bonds is 3. The average molecular weight is 244 g/mol. The van der Waals surface area contributed by atoms with Gasteiger partial charge < -0.3 is 15.9 Å². The summed E-state index contributed by atoms with van der Waals surface area (Å²) in [5.41, 5.74) is 6.73. The fraction of sp³-hybridized carbons (Fsp3) is 0.500. The van der Waals surface area contributed by atoms with Crippen LogP contribution in [0.25, 0.3) is 0 Å². The molecule has 0 aliphatic heterocycles. The Kier molecular flexibility index (Phi) is 4.19. The van der Waals surface area contributed by atoms with E-state index < -0.39 is 12.1 Å². The molecule has 0 amide bonds. The van der Waals surface area contributed by atoms with Crippen LogP contribution in [-0.2, 0) is 0 Å². The maximum Gasteiger partial charge on any atom is 0.124 e. The lowest BCUT2D eigenvalue weighted by atomic mass is 9.95. The lowest BCUT2D eigenvalue weighted by Gasteiger charge is -2.19. The van der Waals surface area contributed by atoms with Crippen LogP contribution < -0.4 is 5.73 Å². The van der Waals surface area contributed by atoms with Crippen LogP contribution in [0, 0.1) is 0 Å². The number of halogens is 1. The first kappa shape index (κ1) is 13.3. The van der Waals surface area contributed by atoms with E-state index in [9.17, 15) is 10.2 Å². The molecule has 0 aliphatic carbocycles. The molecule has 1 aromatic rings. The minimum Gasteiger partial charge on any atom is -0.507 e. The summed E-state index contributed by atoms with van der Waals surface area (Å²) in [6, 6.07) is 2.81. The van der Waals surface area contributed by atoms with Crippen molar-refractivity contribution in [3.8, 4) is 5.75 Å². The molecule has 0 spiro atoms. The minimum atomic E-state index is -0.906. The molecule has 1 rings (SSSR count). The Balaban J connectivity index is 3.29. The summed E-state index contributed by atoms with van der Waals surface area (Å²) in [5, 5.41) is 20.4. The summed E-state index contributed by atoms with van der Waals surface area (Å²) >= 11 is 5.95. The number of aliphatic hydroxyl groups excluding tert-OH is 1. The third-order valence-corrected chi connectivity index (χ3v) is 2.79. The Morgan fingerprint density at radius 3 is 2.12 bits per heavy atom. The maximum atomic E-state index is 10.0. The molecule has 2 atom stereocenters. The number of phenolic OH excluding ortho intramolecular Hbond substituents is 1. The first-order valence-corrected chi connectivity index (χ1v) is 5.68. The van der Waals surface area contributed by atoms with Crippen LogP contribution in [0.2, 0.25) is 5.02 Å². The van der Waals surface area contributed by atoms with Crippen LogP contribution >= 0.6 is 11.6 Å². The van der Waals surface area contributed by atoms with Gasteiger partial charge in [0.15, 0.2) is 0 Å². The van der Waals surface area contributed by atoms with Crippen molar-refractivity contribution < 1.29 is 10.2 Å². The molecule has 0 saturated carbocycles. The summed E-state index contributed by atoms with van der Waals surface area (Å²) < 4.78 is 0. The van der Waals surface area contributed by atoms with Gasteiger partial charge in [0.05, 0.1) is 6.10 Å². The van der Waals surface area contributed by atoms with Crippen LogP contribution in [0.5, 0.6) is 5.75 Å². The van der Waals surface area contributed by atoms with E-state index in [4.69, 9.17) is 17.3 Å². The summed E-state index contributed by atoms with van der Waals surface area (Å²) in [6.07, 6.45) is -0.906. The SMILES string of the molecule is CC(C)c1cc(Cl)cc(C(O)C(C)N)c1O. The van der Waals surface area contributed by atoms with Crippen molar-refractivity contribution in [2.24, 2.45) is 5.73 Å². The van der Waals surface area contributed by atoms with Crippen LogP contribution in [0.15, 0.2) is 12.1 Å². The summed E-state index contributed by atoms with van der Waals surface area (Å²) in [5.74, 6) is 0.224. The summed E-state index contributed by atoms with van der Waals surface area (Å²) in [6.45, 7) is 5.58. The number of benzene rings is 1. The number of phenols is 1. The normalized spacial score (nSPS) is 15.2. The highest BCUT2D eigenvalue weighted by atomic mass is 35.5. The van der Waals surface area contributed by atoms with Gasteiger partial charge in [-0.05, 0) is 30.5 Å². The molecular weight excluding hydrogens is 226 g/mol. The smallest absolute Gasteiger partial charge is 0.124 e. The highest BCUT2D eigenvalue weighted by molar-refractivity contribution is 6.30. The summed E-state index contributed by atoms with van der Waals surface area (Å²) in [4.78, 5) is 0. The zero-order valence-corrected chi connectivity index (χ0v) is 10.5. The van der Waals surface area contributed by atoms with Gasteiger partial charge in [-0.25, -0.2) is 0 Å². The number of hydrogen-bond donors (Lipinski definition) is 3. The molecule has 3 nitrogen and oxygen atoms in total. The second-order valence-corrected chi connectivity index (χ2v) is 4.83. The van der Waals surface area contributed by atoms with Gasteiger partial charge in [0.2, 0.25) is 0 Å². The van der Waals surface area contributed by atoms with E-state index in [1.54, 1.807) is 19.1 Å². The van der Waals surface area contributed by atoms with Gasteiger partial charge in [0.1, 0.15) is 5.75 Å². The molecule has 16 heavy (non-hydrogen) atoms. The van der Waals surface area contributed by atoms with Crippen molar-refractivity contribution in [1.82, 2.24) is 0 Å². The zero-order chi connectivity index (χ0) is 12.5. The van der Waals surface area contributed by atoms with Crippen LogP contribution in [0.1, 0.15) is 43.9 Å². The van der Waals surface area contributed by atoms with E-state index in [1.807, 2.05) is 13.8 Å². The van der Waals surface area contributed by atoms with Crippen molar-refractivity contribution in [1.29, 1.82) is 0 Å². The standard InChI is InChI=1S/C12H18ClNO2/c1-6(2)9-4-8(13)5-10(12(9)16)11(15)7(3)14/h4-7,11,15-16H,14H2,1-3H3. The van der Waals surface area contributed by atoms with Crippen LogP contribution in [0.3, 0.4) is 0 Å². The van der Waals surface area contributed by atoms with Gasteiger partial charge in [-0.1, -0.05) is 25.4 Å². The molecule has 1 aromatic carbocycles. The Hall–Kier alpha value is -0.770. The molecule has 0 radical (unpaired) electrons. The highest BCUT2D eigenvalue weighted by Gasteiger charge is 2.20. The fourth-order valence-electron chi connectivity index (χ4n) is 1.59.